The van der Waals surface area contributed by atoms with Gasteiger partial charge in [0, 0.05) is 5.69 Å². The fourth-order valence-corrected chi connectivity index (χ4v) is 2.42. The van der Waals surface area contributed by atoms with Crippen LogP contribution in [-0.4, -0.2) is 8.07 Å². The zero-order valence-corrected chi connectivity index (χ0v) is 13.4. The summed E-state index contributed by atoms with van der Waals surface area (Å²) in [5.74, 6) is 3.43. The van der Waals surface area contributed by atoms with Crippen molar-refractivity contribution in [2.75, 3.05) is 5.32 Å². The molecule has 0 aromatic heterocycles. The van der Waals surface area contributed by atoms with Crippen molar-refractivity contribution < 1.29 is 0 Å². The van der Waals surface area contributed by atoms with Gasteiger partial charge < -0.3 is 5.32 Å². The summed E-state index contributed by atoms with van der Waals surface area (Å²) in [6.07, 6.45) is 0. The van der Waals surface area contributed by atoms with Gasteiger partial charge in [-0.2, -0.15) is 0 Å². The molecule has 102 valence electrons. The van der Waals surface area contributed by atoms with Gasteiger partial charge in [-0.25, -0.2) is 0 Å². The molecule has 0 radical (unpaired) electrons. The smallest absolute Gasteiger partial charge is 0.129 e. The molecule has 1 atom stereocenters. The first kappa shape index (κ1) is 14.4. The van der Waals surface area contributed by atoms with Crippen LogP contribution < -0.4 is 5.32 Å². The molecule has 0 heterocycles. The quantitative estimate of drug-likeness (QED) is 0.633. The molecule has 0 aliphatic rings. The number of rotatable bonds is 3. The average molecular weight is 279 g/mol. The molecule has 1 N–H and O–H groups in total. The van der Waals surface area contributed by atoms with E-state index in [1.807, 2.05) is 24.3 Å². The lowest BCUT2D eigenvalue weighted by molar-refractivity contribution is 1.02. The van der Waals surface area contributed by atoms with Crippen LogP contribution in [0.4, 0.5) is 5.69 Å². The van der Waals surface area contributed by atoms with Crippen LogP contribution in [0.5, 0.6) is 0 Å². The van der Waals surface area contributed by atoms with E-state index in [-0.39, 0.29) is 6.04 Å². The van der Waals surface area contributed by atoms with E-state index in [9.17, 15) is 0 Å². The molecule has 1 nitrogen and oxygen atoms in total. The molecule has 0 aliphatic heterocycles. The van der Waals surface area contributed by atoms with Gasteiger partial charge in [-0.1, -0.05) is 74.1 Å². The Morgan fingerprint density at radius 3 is 1.95 bits per heavy atom. The van der Waals surface area contributed by atoms with E-state index in [1.54, 1.807) is 0 Å². The largest absolute Gasteiger partial charge is 0.368 e. The third kappa shape index (κ3) is 4.60. The minimum Gasteiger partial charge on any atom is -0.368 e. The van der Waals surface area contributed by atoms with Crippen LogP contribution in [0.2, 0.25) is 19.6 Å². The maximum Gasteiger partial charge on any atom is 0.129 e. The van der Waals surface area contributed by atoms with E-state index in [0.29, 0.717) is 0 Å². The van der Waals surface area contributed by atoms with Gasteiger partial charge in [-0.05, 0) is 17.7 Å². The first-order chi connectivity index (χ1) is 9.54. The van der Waals surface area contributed by atoms with E-state index < -0.39 is 8.07 Å². The lowest BCUT2D eigenvalue weighted by Crippen LogP contribution is -2.18. The first-order valence-electron chi connectivity index (χ1n) is 6.94. The van der Waals surface area contributed by atoms with Crippen molar-refractivity contribution in [1.82, 2.24) is 0 Å². The van der Waals surface area contributed by atoms with E-state index in [0.717, 1.165) is 5.69 Å². The van der Waals surface area contributed by atoms with Gasteiger partial charge in [-0.15, -0.1) is 5.54 Å². The van der Waals surface area contributed by atoms with Crippen LogP contribution >= 0.6 is 0 Å². The molecule has 1 unspecified atom stereocenters. The maximum atomic E-state index is 3.52. The van der Waals surface area contributed by atoms with Crippen molar-refractivity contribution >= 4 is 13.8 Å². The molecular weight excluding hydrogens is 258 g/mol. The van der Waals surface area contributed by atoms with E-state index in [1.165, 1.54) is 5.56 Å². The molecule has 2 heteroatoms. The van der Waals surface area contributed by atoms with Crippen molar-refractivity contribution in [1.29, 1.82) is 0 Å². The Balaban J connectivity index is 2.27. The van der Waals surface area contributed by atoms with E-state index in [4.69, 9.17) is 0 Å². The number of benzene rings is 2. The zero-order valence-electron chi connectivity index (χ0n) is 12.4. The summed E-state index contributed by atoms with van der Waals surface area (Å²) in [5.41, 5.74) is 5.78. The van der Waals surface area contributed by atoms with Crippen molar-refractivity contribution in [3.8, 4) is 11.5 Å². The van der Waals surface area contributed by atoms with Crippen molar-refractivity contribution in [3.63, 3.8) is 0 Å². The molecule has 0 spiro atoms. The van der Waals surface area contributed by atoms with E-state index >= 15 is 0 Å². The Kier molecular flexibility index (Phi) is 4.65. The molecular formula is C18H21NSi. The fourth-order valence-electron chi connectivity index (χ4n) is 1.84. The highest BCUT2D eigenvalue weighted by atomic mass is 28.3. The van der Waals surface area contributed by atoms with Crippen LogP contribution in [-0.2, 0) is 0 Å². The molecule has 0 fully saturated rings. The van der Waals surface area contributed by atoms with E-state index in [2.05, 4.69) is 72.8 Å². The Bertz CT molecular complexity index is 588. The molecule has 0 bridgehead atoms. The number of nitrogens with one attached hydrogen (secondary N) is 1. The second-order valence-electron chi connectivity index (χ2n) is 5.87. The van der Waals surface area contributed by atoms with Crippen molar-refractivity contribution in [2.45, 2.75) is 25.7 Å². The Labute approximate surface area is 123 Å². The molecule has 0 saturated carbocycles. The Morgan fingerprint density at radius 2 is 1.40 bits per heavy atom. The standard InChI is InChI=1S/C18H21NSi/c1-20(2,3)15-14-18(16-10-6-4-7-11-16)19-17-12-8-5-9-13-17/h4-13,18-19H,1-3H3. The van der Waals surface area contributed by atoms with Gasteiger partial charge >= 0.3 is 0 Å². The third-order valence-corrected chi connectivity index (χ3v) is 3.70. The highest BCUT2D eigenvalue weighted by molar-refractivity contribution is 6.83. The highest BCUT2D eigenvalue weighted by Gasteiger charge is 2.11. The van der Waals surface area contributed by atoms with Gasteiger partial charge in [0.25, 0.3) is 0 Å². The molecule has 2 aromatic rings. The summed E-state index contributed by atoms with van der Waals surface area (Å²) >= 11 is 0. The molecule has 2 aromatic carbocycles. The number of hydrogen-bond donors (Lipinski definition) is 1. The highest BCUT2D eigenvalue weighted by Crippen LogP contribution is 2.19. The minimum atomic E-state index is -1.37. The average Bonchev–Trinajstić information content (AvgIpc) is 2.44. The second kappa shape index (κ2) is 6.45. The molecule has 0 aliphatic carbocycles. The number of para-hydroxylation sites is 1. The van der Waals surface area contributed by atoms with Gasteiger partial charge in [0.15, 0.2) is 0 Å². The van der Waals surface area contributed by atoms with Gasteiger partial charge in [0.2, 0.25) is 0 Å². The number of anilines is 1. The summed E-state index contributed by atoms with van der Waals surface area (Å²) in [7, 11) is -1.37. The summed E-state index contributed by atoms with van der Waals surface area (Å²) < 4.78 is 0. The van der Waals surface area contributed by atoms with Crippen molar-refractivity contribution in [3.05, 3.63) is 66.2 Å². The molecule has 20 heavy (non-hydrogen) atoms. The van der Waals surface area contributed by atoms with Gasteiger partial charge in [0.1, 0.15) is 14.1 Å². The lowest BCUT2D eigenvalue weighted by Gasteiger charge is -2.16. The zero-order chi connectivity index (χ0) is 14.4. The molecule has 2 rings (SSSR count). The van der Waals surface area contributed by atoms with Crippen LogP contribution in [0, 0.1) is 11.5 Å². The van der Waals surface area contributed by atoms with Gasteiger partial charge in [0.05, 0.1) is 0 Å². The summed E-state index contributed by atoms with van der Waals surface area (Å²) in [6.45, 7) is 6.81. The minimum absolute atomic E-state index is 0.0466. The third-order valence-electron chi connectivity index (χ3n) is 2.81. The lowest BCUT2D eigenvalue weighted by atomic mass is 10.1. The Morgan fingerprint density at radius 1 is 0.850 bits per heavy atom. The molecule has 0 amide bonds. The SMILES string of the molecule is C[Si](C)(C)C#CC(Nc1ccccc1)c1ccccc1. The summed E-state index contributed by atoms with van der Waals surface area (Å²) in [6, 6.07) is 20.7. The Hall–Kier alpha value is -1.98. The first-order valence-corrected chi connectivity index (χ1v) is 10.4. The van der Waals surface area contributed by atoms with Crippen LogP contribution in [0.15, 0.2) is 60.7 Å². The second-order valence-corrected chi connectivity index (χ2v) is 10.6. The predicted molar refractivity (Wildman–Crippen MR) is 90.4 cm³/mol. The van der Waals surface area contributed by atoms with Crippen LogP contribution in [0.3, 0.4) is 0 Å². The normalized spacial score (nSPS) is 12.2. The topological polar surface area (TPSA) is 12.0 Å². The number of hydrogen-bond acceptors (Lipinski definition) is 1. The van der Waals surface area contributed by atoms with Crippen LogP contribution in [0.1, 0.15) is 11.6 Å². The summed E-state index contributed by atoms with van der Waals surface area (Å²) in [5, 5.41) is 3.52. The monoisotopic (exact) mass is 279 g/mol. The summed E-state index contributed by atoms with van der Waals surface area (Å²) in [4.78, 5) is 0. The fraction of sp³-hybridized carbons (Fsp3) is 0.222. The predicted octanol–water partition coefficient (Wildman–Crippen LogP) is 4.72. The van der Waals surface area contributed by atoms with Gasteiger partial charge in [-0.3, -0.25) is 0 Å². The van der Waals surface area contributed by atoms with Crippen LogP contribution in [0.25, 0.3) is 0 Å². The maximum absolute atomic E-state index is 3.52. The van der Waals surface area contributed by atoms with Crippen molar-refractivity contribution in [2.24, 2.45) is 0 Å². The molecule has 0 saturated heterocycles.